The molecule has 0 amide bonds. The van der Waals surface area contributed by atoms with E-state index in [4.69, 9.17) is 19.2 Å². The molecule has 0 N–H and O–H groups in total. The molecule has 164 valence electrons. The first-order valence-corrected chi connectivity index (χ1v) is 11.0. The molecule has 4 rings (SSSR count). The summed E-state index contributed by atoms with van der Waals surface area (Å²) in [5, 5.41) is 0.586. The van der Waals surface area contributed by atoms with Gasteiger partial charge in [-0.15, -0.1) is 0 Å². The van der Waals surface area contributed by atoms with Crippen LogP contribution in [0.25, 0.3) is 22.3 Å². The molecule has 0 atom stereocenters. The largest absolute Gasteiger partial charge is 0.497 e. The van der Waals surface area contributed by atoms with Gasteiger partial charge in [0.2, 0.25) is 0 Å². The zero-order valence-electron chi connectivity index (χ0n) is 17.7. The van der Waals surface area contributed by atoms with Crippen molar-refractivity contribution in [1.82, 2.24) is 9.55 Å². The van der Waals surface area contributed by atoms with Crippen molar-refractivity contribution in [2.24, 2.45) is 0 Å². The van der Waals surface area contributed by atoms with E-state index in [1.807, 2.05) is 66.7 Å². The Labute approximate surface area is 194 Å². The van der Waals surface area contributed by atoms with Crippen molar-refractivity contribution in [2.45, 2.75) is 6.54 Å². The van der Waals surface area contributed by atoms with Crippen LogP contribution in [0, 0.1) is 0 Å². The van der Waals surface area contributed by atoms with Gasteiger partial charge in [0.05, 0.1) is 37.8 Å². The van der Waals surface area contributed by atoms with Crippen LogP contribution < -0.4 is 15.0 Å². The summed E-state index contributed by atoms with van der Waals surface area (Å²) in [4.78, 5) is 18.0. The Morgan fingerprint density at radius 1 is 0.875 bits per heavy atom. The third kappa shape index (κ3) is 5.18. The fraction of sp³-hybridized carbons (Fsp3) is 0.200. The van der Waals surface area contributed by atoms with Gasteiger partial charge in [0.25, 0.3) is 5.56 Å². The van der Waals surface area contributed by atoms with Crippen molar-refractivity contribution in [3.05, 3.63) is 87.6 Å². The maximum Gasteiger partial charge on any atom is 0.261 e. The van der Waals surface area contributed by atoms with Gasteiger partial charge in [-0.2, -0.15) is 0 Å². The minimum Gasteiger partial charge on any atom is -0.497 e. The first-order valence-electron chi connectivity index (χ1n) is 10.3. The molecule has 0 saturated carbocycles. The SMILES string of the molecule is COc1ccc(-c2nc3ccccc3c(=O)n2CCOCCOc2ccc(Br)cc2)cc1. The number of para-hydroxylation sites is 1. The molecule has 7 heteroatoms. The van der Waals surface area contributed by atoms with Gasteiger partial charge in [-0.1, -0.05) is 28.1 Å². The zero-order chi connectivity index (χ0) is 22.3. The Morgan fingerprint density at radius 2 is 1.59 bits per heavy atom. The number of methoxy groups -OCH3 is 1. The summed E-state index contributed by atoms with van der Waals surface area (Å²) >= 11 is 3.40. The third-order valence-electron chi connectivity index (χ3n) is 4.98. The topological polar surface area (TPSA) is 62.6 Å². The summed E-state index contributed by atoms with van der Waals surface area (Å²) in [5.41, 5.74) is 1.42. The average molecular weight is 495 g/mol. The zero-order valence-corrected chi connectivity index (χ0v) is 19.2. The summed E-state index contributed by atoms with van der Waals surface area (Å²) in [7, 11) is 1.62. The lowest BCUT2D eigenvalue weighted by Crippen LogP contribution is -2.26. The number of hydrogen-bond donors (Lipinski definition) is 0. The lowest BCUT2D eigenvalue weighted by atomic mass is 10.1. The Balaban J connectivity index is 1.47. The van der Waals surface area contributed by atoms with E-state index in [0.29, 0.717) is 43.1 Å². The first kappa shape index (κ1) is 22.0. The molecule has 0 unspecified atom stereocenters. The molecule has 0 saturated heterocycles. The van der Waals surface area contributed by atoms with Crippen LogP contribution in [0.3, 0.4) is 0 Å². The second kappa shape index (κ2) is 10.4. The molecular weight excluding hydrogens is 472 g/mol. The minimum atomic E-state index is -0.0869. The van der Waals surface area contributed by atoms with Crippen LogP contribution in [0.2, 0.25) is 0 Å². The number of rotatable bonds is 9. The maximum absolute atomic E-state index is 13.2. The Bertz CT molecular complexity index is 1240. The van der Waals surface area contributed by atoms with E-state index >= 15 is 0 Å². The van der Waals surface area contributed by atoms with Crippen LogP contribution in [0.4, 0.5) is 0 Å². The highest BCUT2D eigenvalue weighted by Crippen LogP contribution is 2.22. The van der Waals surface area contributed by atoms with Gasteiger partial charge in [0, 0.05) is 10.0 Å². The van der Waals surface area contributed by atoms with Crippen molar-refractivity contribution >= 4 is 26.8 Å². The van der Waals surface area contributed by atoms with Gasteiger partial charge in [-0.3, -0.25) is 9.36 Å². The Kier molecular flexibility index (Phi) is 7.19. The lowest BCUT2D eigenvalue weighted by molar-refractivity contribution is 0.0940. The Hall–Kier alpha value is -3.16. The van der Waals surface area contributed by atoms with Crippen LogP contribution in [0.15, 0.2) is 82.1 Å². The van der Waals surface area contributed by atoms with Gasteiger partial charge in [-0.25, -0.2) is 4.98 Å². The molecule has 3 aromatic carbocycles. The van der Waals surface area contributed by atoms with Crippen LogP contribution in [0.5, 0.6) is 11.5 Å². The van der Waals surface area contributed by atoms with Crippen molar-refractivity contribution in [3.63, 3.8) is 0 Å². The summed E-state index contributed by atoms with van der Waals surface area (Å²) < 4.78 is 19.3. The van der Waals surface area contributed by atoms with Crippen LogP contribution >= 0.6 is 15.9 Å². The number of nitrogens with zero attached hydrogens (tertiary/aromatic N) is 2. The summed E-state index contributed by atoms with van der Waals surface area (Å²) in [5.74, 6) is 2.14. The highest BCUT2D eigenvalue weighted by Gasteiger charge is 2.13. The molecule has 0 radical (unpaired) electrons. The second-order valence-corrected chi connectivity index (χ2v) is 7.97. The highest BCUT2D eigenvalue weighted by molar-refractivity contribution is 9.10. The van der Waals surface area contributed by atoms with Crippen LogP contribution in [0.1, 0.15) is 0 Å². The highest BCUT2D eigenvalue weighted by atomic mass is 79.9. The molecule has 1 heterocycles. The molecule has 6 nitrogen and oxygen atoms in total. The Morgan fingerprint density at radius 3 is 2.34 bits per heavy atom. The predicted octanol–water partition coefficient (Wildman–Crippen LogP) is 4.93. The van der Waals surface area contributed by atoms with E-state index in [9.17, 15) is 4.79 Å². The lowest BCUT2D eigenvalue weighted by Gasteiger charge is -2.14. The van der Waals surface area contributed by atoms with Gasteiger partial charge in [0.1, 0.15) is 23.9 Å². The summed E-state index contributed by atoms with van der Waals surface area (Å²) in [6.07, 6.45) is 0. The number of fused-ring (bicyclic) bond motifs is 1. The molecule has 4 aromatic rings. The van der Waals surface area contributed by atoms with E-state index in [1.54, 1.807) is 17.7 Å². The number of ether oxygens (including phenoxy) is 3. The summed E-state index contributed by atoms with van der Waals surface area (Å²) in [6.45, 7) is 1.60. The molecule has 1 aromatic heterocycles. The monoisotopic (exact) mass is 494 g/mol. The first-order chi connectivity index (χ1) is 15.7. The third-order valence-corrected chi connectivity index (χ3v) is 5.51. The van der Waals surface area contributed by atoms with E-state index in [2.05, 4.69) is 15.9 Å². The molecule has 0 aliphatic rings. The van der Waals surface area contributed by atoms with E-state index in [1.165, 1.54) is 0 Å². The maximum atomic E-state index is 13.2. The van der Waals surface area contributed by atoms with Crippen molar-refractivity contribution in [3.8, 4) is 22.9 Å². The van der Waals surface area contributed by atoms with E-state index < -0.39 is 0 Å². The smallest absolute Gasteiger partial charge is 0.261 e. The average Bonchev–Trinajstić information content (AvgIpc) is 2.83. The van der Waals surface area contributed by atoms with E-state index in [0.717, 1.165) is 21.5 Å². The van der Waals surface area contributed by atoms with Crippen molar-refractivity contribution in [1.29, 1.82) is 0 Å². The number of halogens is 1. The quantitative estimate of drug-likeness (QED) is 0.308. The number of hydrogen-bond acceptors (Lipinski definition) is 5. The molecule has 0 aliphatic heterocycles. The van der Waals surface area contributed by atoms with Gasteiger partial charge in [0.15, 0.2) is 0 Å². The molecule has 0 fully saturated rings. The van der Waals surface area contributed by atoms with Gasteiger partial charge in [-0.05, 0) is 60.7 Å². The van der Waals surface area contributed by atoms with Gasteiger partial charge < -0.3 is 14.2 Å². The standard InChI is InChI=1S/C25H23BrN2O4/c1-30-20-10-6-18(7-11-20)24-27-23-5-3-2-4-22(23)25(29)28(24)14-15-31-16-17-32-21-12-8-19(26)9-13-21/h2-13H,14-17H2,1H3. The van der Waals surface area contributed by atoms with E-state index in [-0.39, 0.29) is 5.56 Å². The molecule has 0 spiro atoms. The molecular formula is C25H23BrN2O4. The number of aromatic nitrogens is 2. The van der Waals surface area contributed by atoms with Crippen LogP contribution in [-0.4, -0.2) is 36.5 Å². The summed E-state index contributed by atoms with van der Waals surface area (Å²) in [6, 6.07) is 22.5. The predicted molar refractivity (Wildman–Crippen MR) is 128 cm³/mol. The molecule has 0 bridgehead atoms. The van der Waals surface area contributed by atoms with Crippen molar-refractivity contribution in [2.75, 3.05) is 26.9 Å². The second-order valence-electron chi connectivity index (χ2n) is 7.05. The number of benzene rings is 3. The fourth-order valence-corrected chi connectivity index (χ4v) is 3.61. The minimum absolute atomic E-state index is 0.0869. The van der Waals surface area contributed by atoms with Crippen molar-refractivity contribution < 1.29 is 14.2 Å². The normalized spacial score (nSPS) is 10.9. The molecule has 32 heavy (non-hydrogen) atoms. The molecule has 0 aliphatic carbocycles. The van der Waals surface area contributed by atoms with Crippen LogP contribution in [-0.2, 0) is 11.3 Å². The van der Waals surface area contributed by atoms with Gasteiger partial charge >= 0.3 is 0 Å². The fourth-order valence-electron chi connectivity index (χ4n) is 3.34.